The summed E-state index contributed by atoms with van der Waals surface area (Å²) in [5, 5.41) is 3.69. The normalized spacial score (nSPS) is 10.8. The molecule has 4 aromatic rings. The number of benzene rings is 1. The summed E-state index contributed by atoms with van der Waals surface area (Å²) in [5.41, 5.74) is 2.71. The molecule has 0 aliphatic heterocycles. The van der Waals surface area contributed by atoms with E-state index in [0.717, 1.165) is 15.8 Å². The molecule has 0 aliphatic rings. The fraction of sp³-hybridized carbons (Fsp3) is 0.160. The lowest BCUT2D eigenvalue weighted by Gasteiger charge is -2.11. The molecule has 10 heteroatoms. The molecule has 0 radical (unpaired) electrons. The van der Waals surface area contributed by atoms with E-state index in [1.807, 2.05) is 24.3 Å². The summed E-state index contributed by atoms with van der Waals surface area (Å²) in [7, 11) is 4.50. The van der Waals surface area contributed by atoms with E-state index < -0.39 is 11.9 Å². The standard InChI is InChI=1S/C25H21BrN4O4S/c1-13-20(25(33)34-4)23(35-21(13)24(32)30(2)3)29-22(31)16-12-19(18-7-5-6-10-27-18)28-17-9-8-14(26)11-15(16)17/h5-12H,1-4H3,(H,29,31). The molecule has 0 fully saturated rings. The summed E-state index contributed by atoms with van der Waals surface area (Å²) < 4.78 is 5.71. The first-order chi connectivity index (χ1) is 16.7. The molecular weight excluding hydrogens is 532 g/mol. The zero-order valence-corrected chi connectivity index (χ0v) is 21.8. The van der Waals surface area contributed by atoms with Gasteiger partial charge in [0.05, 0.1) is 40.0 Å². The molecule has 4 rings (SSSR count). The van der Waals surface area contributed by atoms with E-state index in [1.165, 1.54) is 12.0 Å². The second-order valence-corrected chi connectivity index (χ2v) is 9.77. The van der Waals surface area contributed by atoms with E-state index >= 15 is 0 Å². The van der Waals surface area contributed by atoms with Crippen molar-refractivity contribution < 1.29 is 19.1 Å². The smallest absolute Gasteiger partial charge is 0.341 e. The average Bonchev–Trinajstić information content (AvgIpc) is 3.18. The number of nitrogens with one attached hydrogen (secondary N) is 1. The number of methoxy groups -OCH3 is 1. The van der Waals surface area contributed by atoms with Gasteiger partial charge < -0.3 is 15.0 Å². The Morgan fingerprint density at radius 1 is 1.09 bits per heavy atom. The van der Waals surface area contributed by atoms with Gasteiger partial charge in [-0.3, -0.25) is 14.6 Å². The SMILES string of the molecule is COC(=O)c1c(NC(=O)c2cc(-c3ccccn3)nc3ccc(Br)cc23)sc(C(=O)N(C)C)c1C. The number of esters is 1. The second kappa shape index (κ2) is 9.93. The summed E-state index contributed by atoms with van der Waals surface area (Å²) in [6.07, 6.45) is 1.66. The summed E-state index contributed by atoms with van der Waals surface area (Å²) in [6.45, 7) is 1.66. The first-order valence-corrected chi connectivity index (χ1v) is 12.1. The molecule has 0 saturated heterocycles. The van der Waals surface area contributed by atoms with Gasteiger partial charge in [-0.15, -0.1) is 11.3 Å². The Balaban J connectivity index is 1.84. The van der Waals surface area contributed by atoms with Crippen LogP contribution in [0, 0.1) is 6.92 Å². The maximum absolute atomic E-state index is 13.6. The molecule has 0 aliphatic carbocycles. The molecule has 0 bridgehead atoms. The van der Waals surface area contributed by atoms with Crippen molar-refractivity contribution in [3.8, 4) is 11.4 Å². The molecule has 178 valence electrons. The number of ether oxygens (including phenoxy) is 1. The number of amides is 2. The third kappa shape index (κ3) is 4.80. The van der Waals surface area contributed by atoms with E-state index in [0.29, 0.717) is 38.3 Å². The number of hydrogen-bond donors (Lipinski definition) is 1. The number of thiophene rings is 1. The second-order valence-electron chi connectivity index (χ2n) is 7.84. The number of fused-ring (bicyclic) bond motifs is 1. The minimum Gasteiger partial charge on any atom is -0.465 e. The molecule has 0 unspecified atom stereocenters. The molecule has 1 N–H and O–H groups in total. The third-order valence-corrected chi connectivity index (χ3v) is 6.99. The maximum Gasteiger partial charge on any atom is 0.341 e. The summed E-state index contributed by atoms with van der Waals surface area (Å²) in [5.74, 6) is -1.36. The molecule has 0 atom stereocenters. The van der Waals surface area contributed by atoms with Crippen molar-refractivity contribution in [1.82, 2.24) is 14.9 Å². The van der Waals surface area contributed by atoms with Gasteiger partial charge in [0.2, 0.25) is 0 Å². The van der Waals surface area contributed by atoms with Gasteiger partial charge in [-0.05, 0) is 48.9 Å². The highest BCUT2D eigenvalue weighted by Gasteiger charge is 2.28. The van der Waals surface area contributed by atoms with Gasteiger partial charge in [0, 0.05) is 30.2 Å². The number of nitrogens with zero attached hydrogens (tertiary/aromatic N) is 3. The van der Waals surface area contributed by atoms with Crippen LogP contribution in [0.5, 0.6) is 0 Å². The van der Waals surface area contributed by atoms with Crippen molar-refractivity contribution in [2.24, 2.45) is 0 Å². The number of carbonyl (C=O) groups excluding carboxylic acids is 3. The quantitative estimate of drug-likeness (QED) is 0.342. The highest BCUT2D eigenvalue weighted by molar-refractivity contribution is 9.10. The van der Waals surface area contributed by atoms with Gasteiger partial charge in [-0.2, -0.15) is 0 Å². The predicted molar refractivity (Wildman–Crippen MR) is 139 cm³/mol. The van der Waals surface area contributed by atoms with Gasteiger partial charge in [0.15, 0.2) is 0 Å². The molecule has 2 amide bonds. The van der Waals surface area contributed by atoms with E-state index in [4.69, 9.17) is 4.74 Å². The number of aromatic nitrogens is 2. The third-order valence-electron chi connectivity index (χ3n) is 5.31. The molecule has 0 saturated carbocycles. The molecule has 3 aromatic heterocycles. The number of rotatable bonds is 5. The Bertz CT molecular complexity index is 1470. The molecule has 8 nitrogen and oxygen atoms in total. The van der Waals surface area contributed by atoms with Gasteiger partial charge in [0.1, 0.15) is 5.00 Å². The first kappa shape index (κ1) is 24.5. The van der Waals surface area contributed by atoms with E-state index in [9.17, 15) is 14.4 Å². The van der Waals surface area contributed by atoms with Crippen LogP contribution in [0.1, 0.15) is 36.0 Å². The number of pyridine rings is 2. The van der Waals surface area contributed by atoms with Crippen LogP contribution in [-0.2, 0) is 4.74 Å². The van der Waals surface area contributed by atoms with Gasteiger partial charge >= 0.3 is 5.97 Å². The van der Waals surface area contributed by atoms with Gasteiger partial charge in [-0.1, -0.05) is 22.0 Å². The van der Waals surface area contributed by atoms with Crippen molar-refractivity contribution >= 4 is 61.0 Å². The summed E-state index contributed by atoms with van der Waals surface area (Å²) in [6, 6.07) is 12.6. The van der Waals surface area contributed by atoms with Crippen LogP contribution in [0.25, 0.3) is 22.3 Å². The lowest BCUT2D eigenvalue weighted by Crippen LogP contribution is -2.21. The van der Waals surface area contributed by atoms with Crippen LogP contribution >= 0.6 is 27.3 Å². The summed E-state index contributed by atoms with van der Waals surface area (Å²) in [4.78, 5) is 49.6. The Morgan fingerprint density at radius 3 is 2.51 bits per heavy atom. The van der Waals surface area contributed by atoms with E-state index in [-0.39, 0.29) is 16.5 Å². The highest BCUT2D eigenvalue weighted by Crippen LogP contribution is 2.35. The summed E-state index contributed by atoms with van der Waals surface area (Å²) >= 11 is 4.49. The molecule has 35 heavy (non-hydrogen) atoms. The first-order valence-electron chi connectivity index (χ1n) is 10.5. The van der Waals surface area contributed by atoms with Gasteiger partial charge in [-0.25, -0.2) is 9.78 Å². The average molecular weight is 553 g/mol. The number of hydrogen-bond acceptors (Lipinski definition) is 7. The van der Waals surface area contributed by atoms with Crippen LogP contribution < -0.4 is 5.32 Å². The van der Waals surface area contributed by atoms with Crippen LogP contribution in [0.3, 0.4) is 0 Å². The molecule has 3 heterocycles. The van der Waals surface area contributed by atoms with Crippen molar-refractivity contribution in [2.45, 2.75) is 6.92 Å². The maximum atomic E-state index is 13.6. The Kier molecular flexibility index (Phi) is 6.95. The van der Waals surface area contributed by atoms with Crippen LogP contribution in [0.2, 0.25) is 0 Å². The fourth-order valence-corrected chi connectivity index (χ4v) is 5.13. The lowest BCUT2D eigenvalue weighted by molar-refractivity contribution is 0.0601. The Morgan fingerprint density at radius 2 is 1.86 bits per heavy atom. The van der Waals surface area contributed by atoms with E-state index in [2.05, 4.69) is 31.2 Å². The number of carbonyl (C=O) groups is 3. The van der Waals surface area contributed by atoms with Crippen molar-refractivity contribution in [3.05, 3.63) is 74.7 Å². The van der Waals surface area contributed by atoms with E-state index in [1.54, 1.807) is 45.4 Å². The van der Waals surface area contributed by atoms with Crippen molar-refractivity contribution in [1.29, 1.82) is 0 Å². The van der Waals surface area contributed by atoms with Crippen LogP contribution in [-0.4, -0.2) is 53.9 Å². The fourth-order valence-electron chi connectivity index (χ4n) is 3.56. The predicted octanol–water partition coefficient (Wildman–Crippen LogP) is 5.17. The number of anilines is 1. The van der Waals surface area contributed by atoms with Crippen LogP contribution in [0.4, 0.5) is 5.00 Å². The zero-order chi connectivity index (χ0) is 25.3. The topological polar surface area (TPSA) is 101 Å². The van der Waals surface area contributed by atoms with Crippen molar-refractivity contribution in [2.75, 3.05) is 26.5 Å². The highest BCUT2D eigenvalue weighted by atomic mass is 79.9. The minimum absolute atomic E-state index is 0.153. The minimum atomic E-state index is -0.636. The Labute approximate surface area is 214 Å². The zero-order valence-electron chi connectivity index (χ0n) is 19.4. The molecular formula is C25H21BrN4O4S. The largest absolute Gasteiger partial charge is 0.465 e. The number of halogens is 1. The van der Waals surface area contributed by atoms with Gasteiger partial charge in [0.25, 0.3) is 11.8 Å². The van der Waals surface area contributed by atoms with Crippen LogP contribution in [0.15, 0.2) is 53.1 Å². The monoisotopic (exact) mass is 552 g/mol. The van der Waals surface area contributed by atoms with Crippen molar-refractivity contribution in [3.63, 3.8) is 0 Å². The molecule has 0 spiro atoms. The lowest BCUT2D eigenvalue weighted by atomic mass is 10.1. The molecule has 1 aromatic carbocycles. The Hall–Kier alpha value is -3.63.